The maximum Gasteiger partial charge on any atom is 0.258 e. The van der Waals surface area contributed by atoms with Crippen molar-refractivity contribution in [2.75, 3.05) is 0 Å². The first-order valence-electron chi connectivity index (χ1n) is 8.06. The second-order valence-electron chi connectivity index (χ2n) is 6.32. The van der Waals surface area contributed by atoms with Crippen molar-refractivity contribution in [3.8, 4) is 0 Å². The Balaban J connectivity index is 1.74. The molecule has 0 radical (unpaired) electrons. The molecular formula is C19H18N4O. The van der Waals surface area contributed by atoms with Crippen LogP contribution in [0.4, 0.5) is 0 Å². The number of hydrogen-bond donors (Lipinski definition) is 2. The molecule has 0 unspecified atom stereocenters. The van der Waals surface area contributed by atoms with E-state index in [1.165, 1.54) is 0 Å². The fraction of sp³-hybridized carbons (Fsp3) is 0.211. The van der Waals surface area contributed by atoms with Crippen LogP contribution < -0.4 is 5.56 Å². The predicted molar refractivity (Wildman–Crippen MR) is 95.4 cm³/mol. The number of aromatic nitrogens is 4. The molecule has 0 aliphatic rings. The van der Waals surface area contributed by atoms with Gasteiger partial charge < -0.3 is 9.97 Å². The average Bonchev–Trinajstić information content (AvgIpc) is 2.96. The number of nitrogens with zero attached hydrogens (tertiary/aromatic N) is 2. The molecule has 5 heteroatoms. The highest BCUT2D eigenvalue weighted by atomic mass is 16.1. The van der Waals surface area contributed by atoms with Gasteiger partial charge in [-0.3, -0.25) is 4.79 Å². The van der Waals surface area contributed by atoms with E-state index in [1.807, 2.05) is 42.5 Å². The lowest BCUT2D eigenvalue weighted by Crippen LogP contribution is -2.13. The molecule has 4 rings (SSSR count). The van der Waals surface area contributed by atoms with Gasteiger partial charge >= 0.3 is 0 Å². The molecule has 2 N–H and O–H groups in total. The van der Waals surface area contributed by atoms with Gasteiger partial charge in [-0.25, -0.2) is 9.97 Å². The number of rotatable bonds is 3. The Labute approximate surface area is 138 Å². The molecule has 2 aromatic carbocycles. The third kappa shape index (κ3) is 2.58. The van der Waals surface area contributed by atoms with Gasteiger partial charge in [-0.1, -0.05) is 32.0 Å². The summed E-state index contributed by atoms with van der Waals surface area (Å²) < 4.78 is 0. The highest BCUT2D eigenvalue weighted by molar-refractivity contribution is 5.78. The van der Waals surface area contributed by atoms with Crippen LogP contribution >= 0.6 is 0 Å². The predicted octanol–water partition coefficient (Wildman–Crippen LogP) is 3.51. The Hall–Kier alpha value is -2.95. The first-order valence-corrected chi connectivity index (χ1v) is 8.06. The summed E-state index contributed by atoms with van der Waals surface area (Å²) in [6.07, 6.45) is 0.464. The van der Waals surface area contributed by atoms with Crippen molar-refractivity contribution < 1.29 is 0 Å². The van der Waals surface area contributed by atoms with Crippen molar-refractivity contribution in [2.24, 2.45) is 0 Å². The smallest absolute Gasteiger partial charge is 0.258 e. The molecule has 24 heavy (non-hydrogen) atoms. The van der Waals surface area contributed by atoms with Gasteiger partial charge in [-0.2, -0.15) is 0 Å². The van der Waals surface area contributed by atoms with Gasteiger partial charge in [0, 0.05) is 0 Å². The normalized spacial score (nSPS) is 11.6. The minimum Gasteiger partial charge on any atom is -0.342 e. The standard InChI is InChI=1S/C19H18N4O/c1-11(2)12-7-8-14-13(9-12)19(24)23-18(20-14)10-17-21-15-5-3-4-6-16(15)22-17/h3-9,11H,10H2,1-2H3,(H,21,22)(H,20,23,24). The maximum atomic E-state index is 12.4. The third-order valence-corrected chi connectivity index (χ3v) is 4.22. The van der Waals surface area contributed by atoms with Gasteiger partial charge in [-0.05, 0) is 35.7 Å². The molecule has 0 spiro atoms. The Morgan fingerprint density at radius 1 is 0.958 bits per heavy atom. The van der Waals surface area contributed by atoms with Crippen LogP contribution in [0.3, 0.4) is 0 Å². The van der Waals surface area contributed by atoms with E-state index in [9.17, 15) is 4.79 Å². The topological polar surface area (TPSA) is 74.4 Å². The van der Waals surface area contributed by atoms with Crippen molar-refractivity contribution in [3.05, 3.63) is 70.0 Å². The lowest BCUT2D eigenvalue weighted by molar-refractivity contribution is 0.867. The fourth-order valence-corrected chi connectivity index (χ4v) is 2.90. The van der Waals surface area contributed by atoms with E-state index in [-0.39, 0.29) is 5.56 Å². The van der Waals surface area contributed by atoms with E-state index in [1.54, 1.807) is 0 Å². The molecule has 120 valence electrons. The number of fused-ring (bicyclic) bond motifs is 2. The molecule has 0 atom stereocenters. The molecule has 2 heterocycles. The van der Waals surface area contributed by atoms with Gasteiger partial charge in [0.2, 0.25) is 0 Å². The SMILES string of the molecule is CC(C)c1ccc2nc(Cc3nc4ccccc4[nH]3)[nH]c(=O)c2c1. The summed E-state index contributed by atoms with van der Waals surface area (Å²) in [4.78, 5) is 27.7. The van der Waals surface area contributed by atoms with Crippen molar-refractivity contribution in [2.45, 2.75) is 26.2 Å². The van der Waals surface area contributed by atoms with Crippen molar-refractivity contribution in [1.29, 1.82) is 0 Å². The number of hydrogen-bond acceptors (Lipinski definition) is 3. The molecular weight excluding hydrogens is 300 g/mol. The maximum absolute atomic E-state index is 12.4. The van der Waals surface area contributed by atoms with Gasteiger partial charge in [0.05, 0.1) is 28.4 Å². The van der Waals surface area contributed by atoms with Crippen LogP contribution in [0, 0.1) is 0 Å². The van der Waals surface area contributed by atoms with E-state index in [4.69, 9.17) is 0 Å². The zero-order valence-electron chi connectivity index (χ0n) is 13.6. The Bertz CT molecular complexity index is 1060. The highest BCUT2D eigenvalue weighted by Crippen LogP contribution is 2.18. The molecule has 0 amide bonds. The summed E-state index contributed by atoms with van der Waals surface area (Å²) in [6, 6.07) is 13.7. The first-order chi connectivity index (χ1) is 11.6. The quantitative estimate of drug-likeness (QED) is 0.607. The van der Waals surface area contributed by atoms with Gasteiger partial charge in [0.15, 0.2) is 0 Å². The molecule has 0 aliphatic carbocycles. The number of imidazole rings is 1. The van der Waals surface area contributed by atoms with Gasteiger partial charge in [0.25, 0.3) is 5.56 Å². The number of benzene rings is 2. The largest absolute Gasteiger partial charge is 0.342 e. The van der Waals surface area contributed by atoms with Crippen LogP contribution in [0.25, 0.3) is 21.9 Å². The molecule has 5 nitrogen and oxygen atoms in total. The minimum absolute atomic E-state index is 0.103. The Morgan fingerprint density at radius 2 is 1.71 bits per heavy atom. The van der Waals surface area contributed by atoms with Crippen LogP contribution in [0.5, 0.6) is 0 Å². The number of para-hydroxylation sites is 2. The molecule has 2 aromatic heterocycles. The Morgan fingerprint density at radius 3 is 2.50 bits per heavy atom. The molecule has 0 fully saturated rings. The first kappa shape index (κ1) is 14.6. The van der Waals surface area contributed by atoms with E-state index < -0.39 is 0 Å². The van der Waals surface area contributed by atoms with Gasteiger partial charge in [0.1, 0.15) is 11.6 Å². The molecule has 0 saturated heterocycles. The zero-order chi connectivity index (χ0) is 16.7. The molecule has 4 aromatic rings. The van der Waals surface area contributed by atoms with Crippen LogP contribution in [-0.4, -0.2) is 19.9 Å². The molecule has 0 saturated carbocycles. The Kier molecular flexibility index (Phi) is 3.41. The number of aromatic amines is 2. The molecule has 0 aliphatic heterocycles. The number of H-pyrrole nitrogens is 2. The molecule has 0 bridgehead atoms. The summed E-state index contributed by atoms with van der Waals surface area (Å²) in [5.74, 6) is 1.78. The van der Waals surface area contributed by atoms with E-state index in [2.05, 4.69) is 33.8 Å². The number of nitrogens with one attached hydrogen (secondary N) is 2. The fourth-order valence-electron chi connectivity index (χ4n) is 2.90. The van der Waals surface area contributed by atoms with E-state index in [0.29, 0.717) is 29.1 Å². The minimum atomic E-state index is -0.103. The second kappa shape index (κ2) is 5.60. The monoisotopic (exact) mass is 318 g/mol. The second-order valence-corrected chi connectivity index (χ2v) is 6.32. The summed E-state index contributed by atoms with van der Waals surface area (Å²) in [7, 11) is 0. The van der Waals surface area contributed by atoms with Crippen LogP contribution in [0.1, 0.15) is 37.0 Å². The zero-order valence-corrected chi connectivity index (χ0v) is 13.6. The summed E-state index contributed by atoms with van der Waals surface area (Å²) >= 11 is 0. The lowest BCUT2D eigenvalue weighted by Gasteiger charge is -2.07. The van der Waals surface area contributed by atoms with E-state index in [0.717, 1.165) is 22.4 Å². The van der Waals surface area contributed by atoms with Crippen LogP contribution in [0.15, 0.2) is 47.3 Å². The van der Waals surface area contributed by atoms with Crippen molar-refractivity contribution in [3.63, 3.8) is 0 Å². The highest BCUT2D eigenvalue weighted by Gasteiger charge is 2.09. The van der Waals surface area contributed by atoms with Crippen molar-refractivity contribution >= 4 is 21.9 Å². The summed E-state index contributed by atoms with van der Waals surface area (Å²) in [5, 5.41) is 0.634. The summed E-state index contributed by atoms with van der Waals surface area (Å²) in [6.45, 7) is 4.22. The van der Waals surface area contributed by atoms with Crippen LogP contribution in [-0.2, 0) is 6.42 Å². The summed E-state index contributed by atoms with van der Waals surface area (Å²) in [5.41, 5.74) is 3.65. The van der Waals surface area contributed by atoms with Crippen LogP contribution in [0.2, 0.25) is 0 Å². The van der Waals surface area contributed by atoms with Crippen molar-refractivity contribution in [1.82, 2.24) is 19.9 Å². The average molecular weight is 318 g/mol. The lowest BCUT2D eigenvalue weighted by atomic mass is 10.0. The van der Waals surface area contributed by atoms with Gasteiger partial charge in [-0.15, -0.1) is 0 Å². The third-order valence-electron chi connectivity index (χ3n) is 4.22. The van der Waals surface area contributed by atoms with E-state index >= 15 is 0 Å².